The molecule has 0 saturated carbocycles. The quantitative estimate of drug-likeness (QED) is 0.859. The van der Waals surface area contributed by atoms with Gasteiger partial charge in [-0.25, -0.2) is 4.98 Å². The summed E-state index contributed by atoms with van der Waals surface area (Å²) in [6, 6.07) is 3.72. The standard InChI is InChI=1S/C14H23NO2/c1-13(2,3)11-7-10(9-16)8-12(15-11)17-14(4,5)6/h7-8,16H,9H2,1-6H3. The number of hydrogen-bond donors (Lipinski definition) is 1. The van der Waals surface area contributed by atoms with Gasteiger partial charge in [0.2, 0.25) is 5.88 Å². The SMILES string of the molecule is CC(C)(C)Oc1cc(CO)cc(C(C)(C)C)n1. The monoisotopic (exact) mass is 237 g/mol. The van der Waals surface area contributed by atoms with E-state index in [4.69, 9.17) is 4.74 Å². The molecular formula is C14H23NO2. The first-order valence-corrected chi connectivity index (χ1v) is 5.93. The highest BCUT2D eigenvalue weighted by Crippen LogP contribution is 2.25. The lowest BCUT2D eigenvalue weighted by Crippen LogP contribution is -2.24. The van der Waals surface area contributed by atoms with E-state index in [9.17, 15) is 5.11 Å². The molecule has 0 radical (unpaired) electrons. The molecule has 0 atom stereocenters. The van der Waals surface area contributed by atoms with Crippen LogP contribution in [0.3, 0.4) is 0 Å². The van der Waals surface area contributed by atoms with Gasteiger partial charge in [-0.2, -0.15) is 0 Å². The van der Waals surface area contributed by atoms with Gasteiger partial charge in [0.15, 0.2) is 0 Å². The van der Waals surface area contributed by atoms with Crippen molar-refractivity contribution >= 4 is 0 Å². The van der Waals surface area contributed by atoms with Crippen LogP contribution in [0.1, 0.15) is 52.8 Å². The van der Waals surface area contributed by atoms with Crippen LogP contribution in [0.2, 0.25) is 0 Å². The van der Waals surface area contributed by atoms with Crippen molar-refractivity contribution in [3.63, 3.8) is 0 Å². The summed E-state index contributed by atoms with van der Waals surface area (Å²) >= 11 is 0. The maximum absolute atomic E-state index is 9.27. The number of aliphatic hydroxyl groups excluding tert-OH is 1. The Balaban J connectivity index is 3.15. The maximum Gasteiger partial charge on any atom is 0.214 e. The molecule has 3 heteroatoms. The first-order chi connectivity index (χ1) is 7.62. The van der Waals surface area contributed by atoms with Gasteiger partial charge in [-0.15, -0.1) is 0 Å². The Labute approximate surface area is 104 Å². The molecule has 0 bridgehead atoms. The van der Waals surface area contributed by atoms with Crippen LogP contribution in [0.15, 0.2) is 12.1 Å². The normalized spacial score (nSPS) is 12.6. The van der Waals surface area contributed by atoms with Crippen LogP contribution in [0.5, 0.6) is 5.88 Å². The number of aromatic nitrogens is 1. The predicted octanol–water partition coefficient (Wildman–Crippen LogP) is 3.05. The summed E-state index contributed by atoms with van der Waals surface area (Å²) in [5.41, 5.74) is 1.43. The number of rotatable bonds is 2. The van der Waals surface area contributed by atoms with Gasteiger partial charge in [0.25, 0.3) is 0 Å². The van der Waals surface area contributed by atoms with Gasteiger partial charge in [0, 0.05) is 11.5 Å². The molecule has 0 spiro atoms. The molecule has 1 aromatic heterocycles. The van der Waals surface area contributed by atoms with Crippen molar-refractivity contribution in [1.82, 2.24) is 4.98 Å². The molecule has 0 unspecified atom stereocenters. The van der Waals surface area contributed by atoms with E-state index in [2.05, 4.69) is 25.8 Å². The molecule has 0 aliphatic heterocycles. The highest BCUT2D eigenvalue weighted by Gasteiger charge is 2.19. The number of nitrogens with zero attached hydrogens (tertiary/aromatic N) is 1. The lowest BCUT2D eigenvalue weighted by atomic mass is 9.91. The Morgan fingerprint density at radius 3 is 2.12 bits per heavy atom. The number of ether oxygens (including phenoxy) is 1. The van der Waals surface area contributed by atoms with Crippen molar-refractivity contribution < 1.29 is 9.84 Å². The third-order valence-corrected chi connectivity index (χ3v) is 2.22. The van der Waals surface area contributed by atoms with E-state index in [1.165, 1.54) is 0 Å². The third kappa shape index (κ3) is 4.35. The number of hydrogen-bond acceptors (Lipinski definition) is 3. The van der Waals surface area contributed by atoms with Crippen molar-refractivity contribution in [2.45, 2.75) is 59.2 Å². The second kappa shape index (κ2) is 4.65. The van der Waals surface area contributed by atoms with Gasteiger partial charge in [0.1, 0.15) is 5.60 Å². The fraction of sp³-hybridized carbons (Fsp3) is 0.643. The van der Waals surface area contributed by atoms with Crippen molar-refractivity contribution in [2.75, 3.05) is 0 Å². The Hall–Kier alpha value is -1.09. The predicted molar refractivity (Wildman–Crippen MR) is 69.2 cm³/mol. The minimum Gasteiger partial charge on any atom is -0.472 e. The largest absolute Gasteiger partial charge is 0.472 e. The average molecular weight is 237 g/mol. The van der Waals surface area contributed by atoms with Gasteiger partial charge in [0.05, 0.1) is 12.3 Å². The Morgan fingerprint density at radius 2 is 1.71 bits per heavy atom. The molecular weight excluding hydrogens is 214 g/mol. The molecule has 0 amide bonds. The highest BCUT2D eigenvalue weighted by atomic mass is 16.5. The third-order valence-electron chi connectivity index (χ3n) is 2.22. The smallest absolute Gasteiger partial charge is 0.214 e. The summed E-state index contributed by atoms with van der Waals surface area (Å²) in [4.78, 5) is 4.50. The van der Waals surface area contributed by atoms with E-state index in [1.807, 2.05) is 26.8 Å². The molecule has 1 aromatic rings. The van der Waals surface area contributed by atoms with Gasteiger partial charge >= 0.3 is 0 Å². The first-order valence-electron chi connectivity index (χ1n) is 5.93. The Bertz CT molecular complexity index is 386. The molecule has 0 aromatic carbocycles. The van der Waals surface area contributed by atoms with Crippen LogP contribution in [0, 0.1) is 0 Å². The molecule has 1 N–H and O–H groups in total. The van der Waals surface area contributed by atoms with E-state index < -0.39 is 0 Å². The van der Waals surface area contributed by atoms with E-state index in [0.29, 0.717) is 5.88 Å². The van der Waals surface area contributed by atoms with Crippen LogP contribution in [-0.2, 0) is 12.0 Å². The average Bonchev–Trinajstić information content (AvgIpc) is 2.13. The summed E-state index contributed by atoms with van der Waals surface area (Å²) in [6.45, 7) is 12.2. The zero-order valence-corrected chi connectivity index (χ0v) is 11.7. The van der Waals surface area contributed by atoms with Gasteiger partial charge in [-0.1, -0.05) is 20.8 Å². The lowest BCUT2D eigenvalue weighted by Gasteiger charge is -2.24. The number of aliphatic hydroxyl groups is 1. The van der Waals surface area contributed by atoms with Crippen LogP contribution in [0.25, 0.3) is 0 Å². The summed E-state index contributed by atoms with van der Waals surface area (Å²) < 4.78 is 5.76. The van der Waals surface area contributed by atoms with E-state index in [-0.39, 0.29) is 17.6 Å². The van der Waals surface area contributed by atoms with Crippen LogP contribution in [0.4, 0.5) is 0 Å². The minimum absolute atomic E-state index is 0.00605. The number of pyridine rings is 1. The van der Waals surface area contributed by atoms with Crippen LogP contribution in [-0.4, -0.2) is 15.7 Å². The van der Waals surface area contributed by atoms with Crippen molar-refractivity contribution in [1.29, 1.82) is 0 Å². The van der Waals surface area contributed by atoms with E-state index in [1.54, 1.807) is 6.07 Å². The van der Waals surface area contributed by atoms with Gasteiger partial charge in [-0.05, 0) is 32.4 Å². The van der Waals surface area contributed by atoms with Crippen molar-refractivity contribution in [3.8, 4) is 5.88 Å². The lowest BCUT2D eigenvalue weighted by molar-refractivity contribution is 0.123. The molecule has 0 fully saturated rings. The molecule has 3 nitrogen and oxygen atoms in total. The molecule has 0 aliphatic carbocycles. The van der Waals surface area contributed by atoms with Gasteiger partial charge < -0.3 is 9.84 Å². The van der Waals surface area contributed by atoms with Gasteiger partial charge in [-0.3, -0.25) is 0 Å². The Kier molecular flexibility index (Phi) is 3.82. The second-order valence-electron chi connectivity index (χ2n) is 6.32. The van der Waals surface area contributed by atoms with Crippen LogP contribution >= 0.6 is 0 Å². The summed E-state index contributed by atoms with van der Waals surface area (Å²) in [5, 5.41) is 9.27. The molecule has 1 heterocycles. The fourth-order valence-corrected chi connectivity index (χ4v) is 1.40. The molecule has 0 saturated heterocycles. The van der Waals surface area contributed by atoms with Crippen molar-refractivity contribution in [3.05, 3.63) is 23.4 Å². The molecule has 0 aliphatic rings. The Morgan fingerprint density at radius 1 is 1.12 bits per heavy atom. The van der Waals surface area contributed by atoms with E-state index in [0.717, 1.165) is 11.3 Å². The van der Waals surface area contributed by atoms with Crippen molar-refractivity contribution in [2.24, 2.45) is 0 Å². The zero-order valence-electron chi connectivity index (χ0n) is 11.7. The summed E-state index contributed by atoms with van der Waals surface area (Å²) in [7, 11) is 0. The molecule has 1 rings (SSSR count). The zero-order chi connectivity index (χ0) is 13.3. The van der Waals surface area contributed by atoms with Crippen LogP contribution < -0.4 is 4.74 Å². The second-order valence-corrected chi connectivity index (χ2v) is 6.32. The molecule has 96 valence electrons. The highest BCUT2D eigenvalue weighted by molar-refractivity contribution is 5.28. The topological polar surface area (TPSA) is 42.4 Å². The minimum atomic E-state index is -0.282. The first kappa shape index (κ1) is 14.0. The molecule has 17 heavy (non-hydrogen) atoms. The fourth-order valence-electron chi connectivity index (χ4n) is 1.40. The summed E-state index contributed by atoms with van der Waals surface area (Å²) in [5.74, 6) is 0.578. The van der Waals surface area contributed by atoms with E-state index >= 15 is 0 Å². The summed E-state index contributed by atoms with van der Waals surface area (Å²) in [6.07, 6.45) is 0. The maximum atomic E-state index is 9.27.